The summed E-state index contributed by atoms with van der Waals surface area (Å²) in [6.07, 6.45) is 4.00. The van der Waals surface area contributed by atoms with Crippen LogP contribution in [-0.2, 0) is 6.54 Å². The fourth-order valence-corrected chi connectivity index (χ4v) is 3.07. The molecule has 1 aliphatic rings. The summed E-state index contributed by atoms with van der Waals surface area (Å²) < 4.78 is 5.23. The van der Waals surface area contributed by atoms with Crippen LogP contribution in [0, 0.1) is 0 Å². The zero-order chi connectivity index (χ0) is 19.1. The molecule has 1 aliphatic heterocycles. The van der Waals surface area contributed by atoms with Gasteiger partial charge in [0.25, 0.3) is 0 Å². The number of aliphatic hydroxyl groups excluding tert-OH is 1. The van der Waals surface area contributed by atoms with E-state index in [4.69, 9.17) is 4.74 Å². The number of benzene rings is 1. The van der Waals surface area contributed by atoms with E-state index in [2.05, 4.69) is 21.2 Å². The van der Waals surface area contributed by atoms with Gasteiger partial charge in [0.15, 0.2) is 0 Å². The molecule has 0 radical (unpaired) electrons. The van der Waals surface area contributed by atoms with E-state index < -0.39 is 0 Å². The fraction of sp³-hybridized carbons (Fsp3) is 0.368. The number of hydrogen-bond donors (Lipinski definition) is 4. The number of hydrazine groups is 1. The number of hydrogen-bond acceptors (Lipinski definition) is 6. The van der Waals surface area contributed by atoms with Gasteiger partial charge in [0.1, 0.15) is 5.75 Å². The van der Waals surface area contributed by atoms with Crippen LogP contribution in [0.5, 0.6) is 5.75 Å². The summed E-state index contributed by atoms with van der Waals surface area (Å²) in [5.74, 6) is 0.735. The minimum atomic E-state index is -0.235. The normalized spacial score (nSPS) is 18.9. The molecule has 0 spiro atoms. The smallest absolute Gasteiger partial charge is 0.319 e. The van der Waals surface area contributed by atoms with Crippen LogP contribution in [0.15, 0.2) is 48.8 Å². The van der Waals surface area contributed by atoms with E-state index in [9.17, 15) is 9.90 Å². The van der Waals surface area contributed by atoms with E-state index in [-0.39, 0.29) is 31.4 Å². The molecular formula is C19H25N5O3. The topological polar surface area (TPSA) is 98.8 Å². The Labute approximate surface area is 158 Å². The molecule has 1 aromatic carbocycles. The van der Waals surface area contributed by atoms with Crippen molar-refractivity contribution in [3.05, 3.63) is 59.9 Å². The highest BCUT2D eigenvalue weighted by atomic mass is 16.5. The number of pyridine rings is 1. The minimum absolute atomic E-state index is 0.1000. The second-order valence-corrected chi connectivity index (χ2v) is 6.36. The SMILES string of the molecule is COc1cccc(CN(CCO)C(=O)NC2CC(c3ccncc3)NN2)c1. The van der Waals surface area contributed by atoms with E-state index in [0.29, 0.717) is 13.0 Å². The predicted molar refractivity (Wildman–Crippen MR) is 101 cm³/mol. The number of aliphatic hydroxyl groups is 1. The quantitative estimate of drug-likeness (QED) is 0.583. The number of methoxy groups -OCH3 is 1. The van der Waals surface area contributed by atoms with Crippen LogP contribution in [0.3, 0.4) is 0 Å². The van der Waals surface area contributed by atoms with Crippen molar-refractivity contribution in [3.8, 4) is 5.75 Å². The molecule has 1 saturated heterocycles. The first kappa shape index (κ1) is 19.1. The molecule has 2 amide bonds. The van der Waals surface area contributed by atoms with Gasteiger partial charge in [0, 0.05) is 37.9 Å². The lowest BCUT2D eigenvalue weighted by Gasteiger charge is -2.24. The van der Waals surface area contributed by atoms with Crippen molar-refractivity contribution < 1.29 is 14.6 Å². The largest absolute Gasteiger partial charge is 0.497 e. The fourth-order valence-electron chi connectivity index (χ4n) is 3.07. The Hall–Kier alpha value is -2.68. The first-order valence-corrected chi connectivity index (χ1v) is 8.90. The van der Waals surface area contributed by atoms with Gasteiger partial charge in [-0.05, 0) is 35.4 Å². The third kappa shape index (κ3) is 5.16. The summed E-state index contributed by atoms with van der Waals surface area (Å²) in [5.41, 5.74) is 8.34. The maximum atomic E-state index is 12.7. The number of rotatable bonds is 7. The molecule has 2 aromatic rings. The highest BCUT2D eigenvalue weighted by Crippen LogP contribution is 2.20. The summed E-state index contributed by atoms with van der Waals surface area (Å²) in [6, 6.07) is 11.3. The Kier molecular flexibility index (Phi) is 6.59. The molecule has 4 N–H and O–H groups in total. The zero-order valence-electron chi connectivity index (χ0n) is 15.3. The monoisotopic (exact) mass is 371 g/mol. The number of nitrogens with zero attached hydrogens (tertiary/aromatic N) is 2. The van der Waals surface area contributed by atoms with E-state index in [1.807, 2.05) is 36.4 Å². The maximum Gasteiger partial charge on any atom is 0.319 e. The van der Waals surface area contributed by atoms with Crippen LogP contribution >= 0.6 is 0 Å². The van der Waals surface area contributed by atoms with Crippen LogP contribution in [-0.4, -0.2) is 47.4 Å². The second-order valence-electron chi connectivity index (χ2n) is 6.36. The van der Waals surface area contributed by atoms with Crippen molar-refractivity contribution in [1.82, 2.24) is 26.1 Å². The zero-order valence-corrected chi connectivity index (χ0v) is 15.3. The number of amides is 2. The van der Waals surface area contributed by atoms with Gasteiger partial charge in [-0.25, -0.2) is 15.6 Å². The third-order valence-corrected chi connectivity index (χ3v) is 4.47. The Morgan fingerprint density at radius 2 is 2.15 bits per heavy atom. The van der Waals surface area contributed by atoms with Crippen molar-refractivity contribution in [2.24, 2.45) is 0 Å². The Bertz CT molecular complexity index is 743. The Balaban J connectivity index is 1.58. The van der Waals surface area contributed by atoms with Crippen molar-refractivity contribution in [3.63, 3.8) is 0 Å². The summed E-state index contributed by atoms with van der Waals surface area (Å²) in [4.78, 5) is 18.3. The molecular weight excluding hydrogens is 346 g/mol. The first-order valence-electron chi connectivity index (χ1n) is 8.90. The van der Waals surface area contributed by atoms with Crippen LogP contribution in [0.25, 0.3) is 0 Å². The minimum Gasteiger partial charge on any atom is -0.497 e. The van der Waals surface area contributed by atoms with Crippen molar-refractivity contribution >= 4 is 6.03 Å². The standard InChI is InChI=1S/C19H25N5O3/c1-27-16-4-2-3-14(11-16)13-24(9-10-25)19(26)21-18-12-17(22-23-18)15-5-7-20-8-6-15/h2-8,11,17-18,22-23,25H,9-10,12-13H2,1H3,(H,21,26). The molecule has 144 valence electrons. The van der Waals surface area contributed by atoms with Gasteiger partial charge < -0.3 is 20.1 Å². The van der Waals surface area contributed by atoms with Crippen molar-refractivity contribution in [1.29, 1.82) is 0 Å². The van der Waals surface area contributed by atoms with Gasteiger partial charge >= 0.3 is 6.03 Å². The summed E-state index contributed by atoms with van der Waals surface area (Å²) in [6.45, 7) is 0.530. The van der Waals surface area contributed by atoms with Gasteiger partial charge in [-0.15, -0.1) is 0 Å². The average molecular weight is 371 g/mol. The number of aromatic nitrogens is 1. The van der Waals surface area contributed by atoms with Crippen molar-refractivity contribution in [2.75, 3.05) is 20.3 Å². The molecule has 2 atom stereocenters. The molecule has 0 aliphatic carbocycles. The molecule has 27 heavy (non-hydrogen) atoms. The van der Waals surface area contributed by atoms with E-state index in [1.165, 1.54) is 0 Å². The second kappa shape index (κ2) is 9.31. The molecule has 1 aromatic heterocycles. The Morgan fingerprint density at radius 1 is 1.33 bits per heavy atom. The lowest BCUT2D eigenvalue weighted by Crippen LogP contribution is -2.50. The summed E-state index contributed by atoms with van der Waals surface area (Å²) in [5, 5.41) is 12.3. The number of urea groups is 1. The molecule has 0 bridgehead atoms. The van der Waals surface area contributed by atoms with Gasteiger partial charge in [-0.1, -0.05) is 12.1 Å². The highest BCUT2D eigenvalue weighted by molar-refractivity contribution is 5.74. The van der Waals surface area contributed by atoms with Crippen LogP contribution in [0.2, 0.25) is 0 Å². The van der Waals surface area contributed by atoms with Gasteiger partial charge in [-0.2, -0.15) is 0 Å². The summed E-state index contributed by atoms with van der Waals surface area (Å²) in [7, 11) is 1.61. The van der Waals surface area contributed by atoms with E-state index in [0.717, 1.165) is 16.9 Å². The van der Waals surface area contributed by atoms with E-state index in [1.54, 1.807) is 24.4 Å². The summed E-state index contributed by atoms with van der Waals surface area (Å²) >= 11 is 0. The molecule has 8 heteroatoms. The molecule has 0 saturated carbocycles. The van der Waals surface area contributed by atoms with Crippen LogP contribution in [0.4, 0.5) is 4.79 Å². The number of ether oxygens (including phenoxy) is 1. The van der Waals surface area contributed by atoms with Gasteiger partial charge in [0.05, 0.1) is 19.9 Å². The molecule has 8 nitrogen and oxygen atoms in total. The maximum absolute atomic E-state index is 12.7. The third-order valence-electron chi connectivity index (χ3n) is 4.47. The number of carbonyl (C=O) groups excluding carboxylic acids is 1. The molecule has 2 unspecified atom stereocenters. The predicted octanol–water partition coefficient (Wildman–Crippen LogP) is 1.16. The number of carbonyl (C=O) groups is 1. The number of nitrogens with one attached hydrogen (secondary N) is 3. The highest BCUT2D eigenvalue weighted by Gasteiger charge is 2.27. The van der Waals surface area contributed by atoms with Crippen LogP contribution in [0.1, 0.15) is 23.6 Å². The molecule has 2 heterocycles. The molecule has 1 fully saturated rings. The average Bonchev–Trinajstić information content (AvgIpc) is 3.17. The van der Waals surface area contributed by atoms with Gasteiger partial charge in [0.2, 0.25) is 0 Å². The van der Waals surface area contributed by atoms with E-state index >= 15 is 0 Å². The Morgan fingerprint density at radius 3 is 2.89 bits per heavy atom. The van der Waals surface area contributed by atoms with Gasteiger partial charge in [-0.3, -0.25) is 4.98 Å². The lowest BCUT2D eigenvalue weighted by molar-refractivity contribution is 0.169. The van der Waals surface area contributed by atoms with Crippen LogP contribution < -0.4 is 20.9 Å². The first-order chi connectivity index (χ1) is 13.2. The molecule has 3 rings (SSSR count). The lowest BCUT2D eigenvalue weighted by atomic mass is 10.1. The van der Waals surface area contributed by atoms with Crippen molar-refractivity contribution in [2.45, 2.75) is 25.2 Å².